The third kappa shape index (κ3) is 5.97. The lowest BCUT2D eigenvalue weighted by Gasteiger charge is -2.32. The number of rotatable bonds is 6. The van der Waals surface area contributed by atoms with Crippen molar-refractivity contribution in [3.8, 4) is 11.4 Å². The second kappa shape index (κ2) is 11.9. The van der Waals surface area contributed by atoms with Gasteiger partial charge in [-0.2, -0.15) is 5.10 Å². The zero-order valence-electron chi connectivity index (χ0n) is 27.2. The van der Waals surface area contributed by atoms with Gasteiger partial charge in [0.05, 0.1) is 23.6 Å². The summed E-state index contributed by atoms with van der Waals surface area (Å²) in [5, 5.41) is 20.1. The number of anilines is 1. The minimum atomic E-state index is -0.268. The highest BCUT2D eigenvalue weighted by Crippen LogP contribution is 2.39. The number of nitrogens with one attached hydrogen (secondary N) is 2. The van der Waals surface area contributed by atoms with E-state index in [1.54, 1.807) is 4.68 Å². The monoisotopic (exact) mass is 618 g/mol. The van der Waals surface area contributed by atoms with E-state index >= 15 is 0 Å². The van der Waals surface area contributed by atoms with Crippen LogP contribution in [-0.4, -0.2) is 55.4 Å². The van der Waals surface area contributed by atoms with Gasteiger partial charge in [0.1, 0.15) is 23.5 Å². The van der Waals surface area contributed by atoms with Gasteiger partial charge in [0.25, 0.3) is 0 Å². The molecule has 1 saturated heterocycles. The van der Waals surface area contributed by atoms with E-state index in [0.717, 1.165) is 72.1 Å². The maximum Gasteiger partial charge on any atom is 0.320 e. The Hall–Kier alpha value is -4.70. The van der Waals surface area contributed by atoms with Gasteiger partial charge in [0.2, 0.25) is 0 Å². The Balaban J connectivity index is 1.09. The Labute approximate surface area is 269 Å². The van der Waals surface area contributed by atoms with Gasteiger partial charge >= 0.3 is 6.03 Å². The summed E-state index contributed by atoms with van der Waals surface area (Å²) in [7, 11) is 2.15. The topological polar surface area (TPSA) is 102 Å². The molecule has 2 amide bonds. The van der Waals surface area contributed by atoms with Gasteiger partial charge in [-0.3, -0.25) is 9.72 Å². The predicted octanol–water partition coefficient (Wildman–Crippen LogP) is 6.72. The van der Waals surface area contributed by atoms with Crippen LogP contribution in [-0.2, 0) is 5.41 Å². The number of aryl methyl sites for hydroxylation is 1. The molecule has 7 rings (SSSR count). The number of hydrogen-bond acceptors (Lipinski definition) is 6. The van der Waals surface area contributed by atoms with Crippen molar-refractivity contribution in [3.63, 3.8) is 0 Å². The zero-order valence-corrected chi connectivity index (χ0v) is 27.2. The molecule has 1 aliphatic heterocycles. The number of aromatic nitrogens is 5. The normalized spacial score (nSPS) is 20.1. The largest absolute Gasteiger partial charge is 0.484 e. The third-order valence-corrected chi connectivity index (χ3v) is 9.18. The predicted molar refractivity (Wildman–Crippen MR) is 179 cm³/mol. The van der Waals surface area contributed by atoms with Crippen molar-refractivity contribution < 1.29 is 9.53 Å². The Morgan fingerprint density at radius 3 is 2.48 bits per heavy atom. The first kappa shape index (κ1) is 30.0. The molecule has 2 aliphatic rings. The van der Waals surface area contributed by atoms with Crippen LogP contribution >= 0.6 is 0 Å². The quantitative estimate of drug-likeness (QED) is 0.219. The molecule has 1 fully saturated rings. The van der Waals surface area contributed by atoms with Crippen LogP contribution in [0.1, 0.15) is 86.3 Å². The SMILES string of the molecule is Cc1ccc(-n2nc(C(C)(C)C)cc2NC(=O)N[C@H]2CC[C@@H](Oc3ccc4nnc([C@@H]5CCN(C)C5)n4c3)c3ccccc32)cc1. The van der Waals surface area contributed by atoms with E-state index in [0.29, 0.717) is 11.7 Å². The lowest BCUT2D eigenvalue weighted by Crippen LogP contribution is -2.36. The highest BCUT2D eigenvalue weighted by Gasteiger charge is 2.31. The number of likely N-dealkylation sites (tertiary alicyclic amines) is 1. The van der Waals surface area contributed by atoms with Gasteiger partial charge < -0.3 is 15.0 Å². The van der Waals surface area contributed by atoms with E-state index in [-0.39, 0.29) is 23.6 Å². The van der Waals surface area contributed by atoms with E-state index in [1.165, 1.54) is 5.56 Å². The van der Waals surface area contributed by atoms with Gasteiger partial charge in [-0.1, -0.05) is 62.7 Å². The highest BCUT2D eigenvalue weighted by molar-refractivity contribution is 5.89. The van der Waals surface area contributed by atoms with Crippen LogP contribution in [0.5, 0.6) is 5.75 Å². The fourth-order valence-corrected chi connectivity index (χ4v) is 6.60. The number of hydrogen-bond donors (Lipinski definition) is 2. The molecule has 0 unspecified atom stereocenters. The van der Waals surface area contributed by atoms with Crippen molar-refractivity contribution in [3.05, 3.63) is 101 Å². The summed E-state index contributed by atoms with van der Waals surface area (Å²) >= 11 is 0. The Morgan fingerprint density at radius 2 is 1.74 bits per heavy atom. The molecule has 46 heavy (non-hydrogen) atoms. The van der Waals surface area contributed by atoms with Crippen LogP contribution < -0.4 is 15.4 Å². The van der Waals surface area contributed by atoms with Gasteiger partial charge in [0, 0.05) is 23.9 Å². The second-order valence-electron chi connectivity index (χ2n) is 13.8. The summed E-state index contributed by atoms with van der Waals surface area (Å²) in [5.41, 5.74) is 5.77. The van der Waals surface area contributed by atoms with Crippen LogP contribution in [0.3, 0.4) is 0 Å². The first-order valence-corrected chi connectivity index (χ1v) is 16.2. The van der Waals surface area contributed by atoms with Crippen molar-refractivity contribution in [1.29, 1.82) is 0 Å². The molecule has 238 valence electrons. The number of benzene rings is 2. The maximum atomic E-state index is 13.5. The molecule has 4 heterocycles. The molecular formula is C36H42N8O2. The minimum Gasteiger partial charge on any atom is -0.484 e. The average molecular weight is 619 g/mol. The van der Waals surface area contributed by atoms with Crippen molar-refractivity contribution in [2.24, 2.45) is 0 Å². The number of ether oxygens (including phenoxy) is 1. The standard InChI is InChI=1S/C36H42N8O2/c1-23-10-12-25(13-11-23)44-33(20-31(41-44)36(2,3)4)38-35(45)37-29-15-16-30(28-9-7-6-8-27(28)29)46-26-14-17-32-39-40-34(43(32)22-26)24-18-19-42(5)21-24/h6-14,17,20,22,24,29-30H,15-16,18-19,21H2,1-5H3,(H2,37,38,45)/t24-,29+,30-/m1/s1. The molecule has 5 aromatic rings. The average Bonchev–Trinajstić information content (AvgIpc) is 3.77. The molecule has 0 bridgehead atoms. The van der Waals surface area contributed by atoms with Crippen LogP contribution in [0.15, 0.2) is 72.9 Å². The Morgan fingerprint density at radius 1 is 0.957 bits per heavy atom. The molecule has 0 saturated carbocycles. The number of pyridine rings is 1. The van der Waals surface area contributed by atoms with Crippen molar-refractivity contribution in [1.82, 2.24) is 34.6 Å². The van der Waals surface area contributed by atoms with Gasteiger partial charge in [-0.25, -0.2) is 9.48 Å². The van der Waals surface area contributed by atoms with Crippen LogP contribution in [0, 0.1) is 6.92 Å². The van der Waals surface area contributed by atoms with Crippen LogP contribution in [0.2, 0.25) is 0 Å². The van der Waals surface area contributed by atoms with E-state index in [2.05, 4.69) is 77.0 Å². The van der Waals surface area contributed by atoms with Crippen molar-refractivity contribution >= 4 is 17.5 Å². The van der Waals surface area contributed by atoms with E-state index in [1.807, 2.05) is 60.8 Å². The molecule has 3 aromatic heterocycles. The second-order valence-corrected chi connectivity index (χ2v) is 13.8. The van der Waals surface area contributed by atoms with Gasteiger partial charge in [-0.15, -0.1) is 10.2 Å². The van der Waals surface area contributed by atoms with Gasteiger partial charge in [0.15, 0.2) is 5.65 Å². The fraction of sp³-hybridized carbons (Fsp3) is 0.389. The van der Waals surface area contributed by atoms with Crippen LogP contribution in [0.25, 0.3) is 11.3 Å². The molecule has 3 atom stereocenters. The van der Waals surface area contributed by atoms with E-state index in [4.69, 9.17) is 9.84 Å². The van der Waals surface area contributed by atoms with Crippen LogP contribution in [0.4, 0.5) is 10.6 Å². The Bertz CT molecular complexity index is 1870. The lowest BCUT2D eigenvalue weighted by molar-refractivity contribution is 0.171. The highest BCUT2D eigenvalue weighted by atomic mass is 16.5. The number of amides is 2. The number of fused-ring (bicyclic) bond motifs is 2. The molecule has 0 radical (unpaired) electrons. The van der Waals surface area contributed by atoms with Crippen molar-refractivity contribution in [2.45, 2.75) is 70.4 Å². The van der Waals surface area contributed by atoms with E-state index in [9.17, 15) is 4.79 Å². The molecule has 10 heteroatoms. The Kier molecular flexibility index (Phi) is 7.76. The number of urea groups is 1. The summed E-state index contributed by atoms with van der Waals surface area (Å²) in [4.78, 5) is 15.8. The third-order valence-electron chi connectivity index (χ3n) is 9.18. The lowest BCUT2D eigenvalue weighted by atomic mass is 9.85. The number of nitrogens with zero attached hydrogens (tertiary/aromatic N) is 6. The summed E-state index contributed by atoms with van der Waals surface area (Å²) in [6, 6.07) is 21.9. The first-order valence-electron chi connectivity index (χ1n) is 16.2. The zero-order chi connectivity index (χ0) is 32.0. The van der Waals surface area contributed by atoms with Crippen molar-refractivity contribution in [2.75, 3.05) is 25.5 Å². The molecular weight excluding hydrogens is 576 g/mol. The van der Waals surface area contributed by atoms with Gasteiger partial charge in [-0.05, 0) is 75.2 Å². The molecule has 2 N–H and O–H groups in total. The first-order chi connectivity index (χ1) is 22.1. The smallest absolute Gasteiger partial charge is 0.320 e. The van der Waals surface area contributed by atoms with E-state index < -0.39 is 0 Å². The number of carbonyl (C=O) groups is 1. The summed E-state index contributed by atoms with van der Waals surface area (Å²) in [5.74, 6) is 2.76. The summed E-state index contributed by atoms with van der Waals surface area (Å²) < 4.78 is 10.5. The molecule has 1 aliphatic carbocycles. The summed E-state index contributed by atoms with van der Waals surface area (Å²) in [6.07, 6.45) is 4.47. The fourth-order valence-electron chi connectivity index (χ4n) is 6.60. The summed E-state index contributed by atoms with van der Waals surface area (Å²) in [6.45, 7) is 10.5. The minimum absolute atomic E-state index is 0.135. The maximum absolute atomic E-state index is 13.5. The molecule has 2 aromatic carbocycles. The number of likely N-dealkylation sites (N-methyl/N-ethyl adjacent to an activating group) is 1. The molecule has 0 spiro atoms. The number of carbonyl (C=O) groups excluding carboxylic acids is 1. The molecule has 10 nitrogen and oxygen atoms in total.